The number of aromatic nitrogens is 1. The summed E-state index contributed by atoms with van der Waals surface area (Å²) in [5.74, 6) is -0.639. The standard InChI is InChI=1S/C19H18N2O5/c22-18(6-12-2-1-5-20-8-12)21-9-14(15(10-21)19(23)24)13-3-4-16-17(7-13)26-11-25-16/h1-5,7-8,14-15H,6,9-11H2,(H,23,24)/t14-,15+/m0/s1. The fourth-order valence-corrected chi connectivity index (χ4v) is 3.53. The lowest BCUT2D eigenvalue weighted by atomic mass is 9.89. The molecule has 2 aliphatic rings. The summed E-state index contributed by atoms with van der Waals surface area (Å²) in [6.45, 7) is 0.741. The number of pyridine rings is 1. The van der Waals surface area contributed by atoms with Crippen LogP contribution in [0.15, 0.2) is 42.7 Å². The Bertz CT molecular complexity index is 839. The third kappa shape index (κ3) is 3.08. The van der Waals surface area contributed by atoms with Crippen molar-refractivity contribution < 1.29 is 24.2 Å². The van der Waals surface area contributed by atoms with Gasteiger partial charge < -0.3 is 19.5 Å². The molecule has 0 aliphatic carbocycles. The molecule has 2 atom stereocenters. The highest BCUT2D eigenvalue weighted by Crippen LogP contribution is 2.39. The Morgan fingerprint density at radius 2 is 2.04 bits per heavy atom. The second-order valence-corrected chi connectivity index (χ2v) is 6.50. The van der Waals surface area contributed by atoms with Gasteiger partial charge in [-0.05, 0) is 29.3 Å². The van der Waals surface area contributed by atoms with E-state index in [1.54, 1.807) is 29.4 Å². The maximum atomic E-state index is 12.6. The van der Waals surface area contributed by atoms with Crippen LogP contribution in [-0.4, -0.2) is 46.7 Å². The number of aliphatic carboxylic acids is 1. The van der Waals surface area contributed by atoms with Crippen molar-refractivity contribution in [1.29, 1.82) is 0 Å². The maximum Gasteiger partial charge on any atom is 0.308 e. The molecule has 0 saturated carbocycles. The van der Waals surface area contributed by atoms with Crippen molar-refractivity contribution >= 4 is 11.9 Å². The number of carboxylic acid groups (broad SMARTS) is 1. The fourth-order valence-electron chi connectivity index (χ4n) is 3.53. The van der Waals surface area contributed by atoms with Gasteiger partial charge in [-0.2, -0.15) is 0 Å². The maximum absolute atomic E-state index is 12.6. The van der Waals surface area contributed by atoms with Gasteiger partial charge in [-0.15, -0.1) is 0 Å². The van der Waals surface area contributed by atoms with Gasteiger partial charge in [-0.25, -0.2) is 0 Å². The zero-order chi connectivity index (χ0) is 18.1. The van der Waals surface area contributed by atoms with Crippen molar-refractivity contribution in [2.45, 2.75) is 12.3 Å². The monoisotopic (exact) mass is 354 g/mol. The van der Waals surface area contributed by atoms with E-state index in [2.05, 4.69) is 4.98 Å². The molecule has 1 aromatic heterocycles. The van der Waals surface area contributed by atoms with E-state index in [0.717, 1.165) is 11.1 Å². The van der Waals surface area contributed by atoms with E-state index in [1.165, 1.54) is 0 Å². The van der Waals surface area contributed by atoms with E-state index >= 15 is 0 Å². The van der Waals surface area contributed by atoms with E-state index in [-0.39, 0.29) is 31.6 Å². The van der Waals surface area contributed by atoms with Gasteiger partial charge in [-0.3, -0.25) is 14.6 Å². The van der Waals surface area contributed by atoms with Crippen molar-refractivity contribution in [2.75, 3.05) is 19.9 Å². The highest BCUT2D eigenvalue weighted by molar-refractivity contribution is 5.81. The van der Waals surface area contributed by atoms with Crippen LogP contribution in [-0.2, 0) is 16.0 Å². The first-order valence-electron chi connectivity index (χ1n) is 8.41. The molecule has 1 saturated heterocycles. The number of hydrogen-bond donors (Lipinski definition) is 1. The summed E-state index contributed by atoms with van der Waals surface area (Å²) in [7, 11) is 0. The molecule has 7 nitrogen and oxygen atoms in total. The predicted octanol–water partition coefficient (Wildman–Crippen LogP) is 1.68. The van der Waals surface area contributed by atoms with Gasteiger partial charge in [0.15, 0.2) is 11.5 Å². The molecule has 1 N–H and O–H groups in total. The second kappa shape index (κ2) is 6.67. The summed E-state index contributed by atoms with van der Waals surface area (Å²) in [6.07, 6.45) is 3.52. The highest BCUT2D eigenvalue weighted by Gasteiger charge is 2.40. The Morgan fingerprint density at radius 3 is 2.81 bits per heavy atom. The molecule has 0 unspecified atom stereocenters. The largest absolute Gasteiger partial charge is 0.481 e. The first-order chi connectivity index (χ1) is 12.6. The number of carbonyl (C=O) groups excluding carboxylic acids is 1. The quantitative estimate of drug-likeness (QED) is 0.899. The van der Waals surface area contributed by atoms with Crippen LogP contribution >= 0.6 is 0 Å². The third-order valence-electron chi connectivity index (χ3n) is 4.89. The van der Waals surface area contributed by atoms with Gasteiger partial charge in [0.05, 0.1) is 12.3 Å². The summed E-state index contributed by atoms with van der Waals surface area (Å²) < 4.78 is 10.7. The molecule has 0 spiro atoms. The van der Waals surface area contributed by atoms with E-state index in [4.69, 9.17) is 9.47 Å². The van der Waals surface area contributed by atoms with Gasteiger partial charge in [0.1, 0.15) is 0 Å². The summed E-state index contributed by atoms with van der Waals surface area (Å²) in [4.78, 5) is 30.0. The zero-order valence-electron chi connectivity index (χ0n) is 14.0. The predicted molar refractivity (Wildman–Crippen MR) is 91.0 cm³/mol. The SMILES string of the molecule is O=C(O)[C@@H]1CN(C(=O)Cc2cccnc2)C[C@H]1c1ccc2c(c1)OCO2. The topological polar surface area (TPSA) is 89.0 Å². The average molecular weight is 354 g/mol. The zero-order valence-corrected chi connectivity index (χ0v) is 14.0. The summed E-state index contributed by atoms with van der Waals surface area (Å²) in [6, 6.07) is 9.07. The summed E-state index contributed by atoms with van der Waals surface area (Å²) >= 11 is 0. The van der Waals surface area contributed by atoms with Crippen molar-refractivity contribution in [3.8, 4) is 11.5 Å². The Hall–Kier alpha value is -3.09. The number of hydrogen-bond acceptors (Lipinski definition) is 5. The average Bonchev–Trinajstić information content (AvgIpc) is 3.29. The molecule has 4 rings (SSSR count). The molecule has 2 aliphatic heterocycles. The molecule has 26 heavy (non-hydrogen) atoms. The lowest BCUT2D eigenvalue weighted by Gasteiger charge is -2.17. The highest BCUT2D eigenvalue weighted by atomic mass is 16.7. The Balaban J connectivity index is 1.53. The second-order valence-electron chi connectivity index (χ2n) is 6.50. The number of benzene rings is 1. The first-order valence-corrected chi connectivity index (χ1v) is 8.41. The minimum Gasteiger partial charge on any atom is -0.481 e. The smallest absolute Gasteiger partial charge is 0.308 e. The van der Waals surface area contributed by atoms with Gasteiger partial charge in [0.25, 0.3) is 0 Å². The number of likely N-dealkylation sites (tertiary alicyclic amines) is 1. The number of nitrogens with zero attached hydrogens (tertiary/aromatic N) is 2. The molecular weight excluding hydrogens is 336 g/mol. The fraction of sp³-hybridized carbons (Fsp3) is 0.316. The third-order valence-corrected chi connectivity index (χ3v) is 4.89. The molecular formula is C19H18N2O5. The number of ether oxygens (including phenoxy) is 2. The van der Waals surface area contributed by atoms with Crippen molar-refractivity contribution in [3.05, 3.63) is 53.9 Å². The van der Waals surface area contributed by atoms with Crippen molar-refractivity contribution in [3.63, 3.8) is 0 Å². The number of rotatable bonds is 4. The Morgan fingerprint density at radius 1 is 1.19 bits per heavy atom. The molecule has 1 amide bonds. The molecule has 1 fully saturated rings. The lowest BCUT2D eigenvalue weighted by Crippen LogP contribution is -2.31. The molecule has 134 valence electrons. The van der Waals surface area contributed by atoms with Crippen LogP contribution in [0.5, 0.6) is 11.5 Å². The molecule has 1 aromatic carbocycles. The van der Waals surface area contributed by atoms with E-state index < -0.39 is 11.9 Å². The summed E-state index contributed by atoms with van der Waals surface area (Å²) in [5, 5.41) is 9.62. The summed E-state index contributed by atoms with van der Waals surface area (Å²) in [5.41, 5.74) is 1.66. The minimum atomic E-state index is -0.899. The van der Waals surface area contributed by atoms with Crippen LogP contribution in [0.3, 0.4) is 0 Å². The van der Waals surface area contributed by atoms with Crippen molar-refractivity contribution in [1.82, 2.24) is 9.88 Å². The molecule has 7 heteroatoms. The molecule has 3 heterocycles. The van der Waals surface area contributed by atoms with E-state index in [1.807, 2.05) is 18.2 Å². The van der Waals surface area contributed by atoms with Gasteiger partial charge in [-0.1, -0.05) is 12.1 Å². The van der Waals surface area contributed by atoms with Crippen LogP contribution in [0, 0.1) is 5.92 Å². The van der Waals surface area contributed by atoms with E-state index in [9.17, 15) is 14.7 Å². The molecule has 0 bridgehead atoms. The van der Waals surface area contributed by atoms with Crippen LogP contribution in [0.4, 0.5) is 0 Å². The van der Waals surface area contributed by atoms with Crippen LogP contribution in [0.2, 0.25) is 0 Å². The molecule has 0 radical (unpaired) electrons. The van der Waals surface area contributed by atoms with Crippen molar-refractivity contribution in [2.24, 2.45) is 5.92 Å². The molecule has 2 aromatic rings. The van der Waals surface area contributed by atoms with Crippen LogP contribution in [0.1, 0.15) is 17.0 Å². The van der Waals surface area contributed by atoms with Gasteiger partial charge in [0.2, 0.25) is 12.7 Å². The van der Waals surface area contributed by atoms with Gasteiger partial charge in [0, 0.05) is 31.4 Å². The number of amides is 1. The minimum absolute atomic E-state index is 0.0903. The first kappa shape index (κ1) is 16.4. The van der Waals surface area contributed by atoms with Crippen LogP contribution in [0.25, 0.3) is 0 Å². The Labute approximate surface area is 150 Å². The Kier molecular flexibility index (Phi) is 4.20. The number of carboxylic acids is 1. The van der Waals surface area contributed by atoms with E-state index in [0.29, 0.717) is 18.0 Å². The van der Waals surface area contributed by atoms with Gasteiger partial charge >= 0.3 is 5.97 Å². The van der Waals surface area contributed by atoms with Crippen LogP contribution < -0.4 is 9.47 Å². The number of carbonyl (C=O) groups is 2. The lowest BCUT2D eigenvalue weighted by molar-refractivity contribution is -0.141. The normalized spacial score (nSPS) is 21.0. The number of fused-ring (bicyclic) bond motifs is 1.